The van der Waals surface area contributed by atoms with Gasteiger partial charge < -0.3 is 4.74 Å². The van der Waals surface area contributed by atoms with Crippen molar-refractivity contribution >= 4 is 23.5 Å². The summed E-state index contributed by atoms with van der Waals surface area (Å²) in [6.07, 6.45) is 3.42. The van der Waals surface area contributed by atoms with Crippen LogP contribution in [0.3, 0.4) is 0 Å². The molecular formula is C15H17ClO2. The summed E-state index contributed by atoms with van der Waals surface area (Å²) >= 11 is 5.88. The van der Waals surface area contributed by atoms with E-state index in [2.05, 4.69) is 6.92 Å². The highest BCUT2D eigenvalue weighted by Gasteiger charge is 2.31. The molecule has 0 heterocycles. The summed E-state index contributed by atoms with van der Waals surface area (Å²) < 4.78 is 5.50. The van der Waals surface area contributed by atoms with E-state index in [-0.39, 0.29) is 5.60 Å². The number of halogens is 1. The smallest absolute Gasteiger partial charge is 0.146 e. The van der Waals surface area contributed by atoms with Gasteiger partial charge in [-0.15, -0.1) is 0 Å². The first-order valence-corrected chi connectivity index (χ1v) is 6.44. The molecule has 1 aromatic carbocycles. The van der Waals surface area contributed by atoms with Crippen molar-refractivity contribution in [3.63, 3.8) is 0 Å². The lowest BCUT2D eigenvalue weighted by molar-refractivity contribution is -0.105. The third kappa shape index (κ3) is 2.65. The third-order valence-corrected chi connectivity index (χ3v) is 3.94. The van der Waals surface area contributed by atoms with Gasteiger partial charge in [0, 0.05) is 18.6 Å². The number of hydrogen-bond donors (Lipinski definition) is 0. The Labute approximate surface area is 113 Å². The summed E-state index contributed by atoms with van der Waals surface area (Å²) in [5, 5.41) is 0.713. The molecular weight excluding hydrogens is 248 g/mol. The van der Waals surface area contributed by atoms with Crippen LogP contribution in [-0.4, -0.2) is 19.0 Å². The van der Waals surface area contributed by atoms with Gasteiger partial charge in [0.1, 0.15) is 6.29 Å². The van der Waals surface area contributed by atoms with Gasteiger partial charge in [0.15, 0.2) is 0 Å². The van der Waals surface area contributed by atoms with Crippen LogP contribution in [-0.2, 0) is 9.53 Å². The van der Waals surface area contributed by atoms with E-state index in [1.54, 1.807) is 7.11 Å². The van der Waals surface area contributed by atoms with Crippen LogP contribution in [0.5, 0.6) is 0 Å². The molecule has 1 aliphatic carbocycles. The van der Waals surface area contributed by atoms with Gasteiger partial charge in [-0.05, 0) is 48.6 Å². The lowest BCUT2D eigenvalue weighted by Gasteiger charge is -2.33. The molecule has 1 atom stereocenters. The van der Waals surface area contributed by atoms with Crippen LogP contribution in [0.25, 0.3) is 5.57 Å². The average molecular weight is 265 g/mol. The molecule has 3 heteroatoms. The number of benzene rings is 1. The van der Waals surface area contributed by atoms with Gasteiger partial charge in [-0.25, -0.2) is 0 Å². The summed E-state index contributed by atoms with van der Waals surface area (Å²) in [7, 11) is 1.70. The van der Waals surface area contributed by atoms with Crippen molar-refractivity contribution in [2.75, 3.05) is 7.11 Å². The van der Waals surface area contributed by atoms with Crippen LogP contribution in [0, 0.1) is 0 Å². The van der Waals surface area contributed by atoms with E-state index in [4.69, 9.17) is 16.3 Å². The molecule has 0 spiro atoms. The summed E-state index contributed by atoms with van der Waals surface area (Å²) in [4.78, 5) is 11.3. The highest BCUT2D eigenvalue weighted by atomic mass is 35.5. The second-order valence-corrected chi connectivity index (χ2v) is 5.40. The molecule has 96 valence electrons. The van der Waals surface area contributed by atoms with Gasteiger partial charge in [0.05, 0.1) is 5.60 Å². The summed E-state index contributed by atoms with van der Waals surface area (Å²) in [6, 6.07) is 7.65. The van der Waals surface area contributed by atoms with Crippen molar-refractivity contribution in [2.24, 2.45) is 0 Å². The Balaban J connectivity index is 2.36. The largest absolute Gasteiger partial charge is 0.378 e. The van der Waals surface area contributed by atoms with Crippen LogP contribution >= 0.6 is 11.6 Å². The minimum absolute atomic E-state index is 0.216. The fraction of sp³-hybridized carbons (Fsp3) is 0.400. The fourth-order valence-electron chi connectivity index (χ4n) is 2.42. The van der Waals surface area contributed by atoms with E-state index in [0.29, 0.717) is 11.4 Å². The van der Waals surface area contributed by atoms with E-state index >= 15 is 0 Å². The number of rotatable bonds is 3. The van der Waals surface area contributed by atoms with Crippen molar-refractivity contribution < 1.29 is 9.53 Å². The van der Waals surface area contributed by atoms with E-state index in [9.17, 15) is 4.79 Å². The highest BCUT2D eigenvalue weighted by Crippen LogP contribution is 2.38. The average Bonchev–Trinajstić information content (AvgIpc) is 2.40. The molecule has 0 fully saturated rings. The van der Waals surface area contributed by atoms with Gasteiger partial charge in [0.2, 0.25) is 0 Å². The first kappa shape index (κ1) is 13.3. The Kier molecular flexibility index (Phi) is 3.88. The zero-order valence-corrected chi connectivity index (χ0v) is 11.5. The Morgan fingerprint density at radius 1 is 1.33 bits per heavy atom. The van der Waals surface area contributed by atoms with Crippen molar-refractivity contribution in [3.8, 4) is 0 Å². The Bertz CT molecular complexity index is 476. The van der Waals surface area contributed by atoms with Gasteiger partial charge in [-0.2, -0.15) is 0 Å². The standard InChI is InChI=1S/C15H17ClO2/c1-15(18-2)8-7-14(12(9-15)10-17)11-3-5-13(16)6-4-11/h3-6,10H,7-9H2,1-2H3/t15-/m1/s1. The summed E-state index contributed by atoms with van der Waals surface area (Å²) in [5.74, 6) is 0. The van der Waals surface area contributed by atoms with Crippen molar-refractivity contribution in [3.05, 3.63) is 40.4 Å². The molecule has 0 radical (unpaired) electrons. The predicted molar refractivity (Wildman–Crippen MR) is 73.7 cm³/mol. The van der Waals surface area contributed by atoms with Crippen LogP contribution in [0.1, 0.15) is 31.7 Å². The topological polar surface area (TPSA) is 26.3 Å². The molecule has 0 saturated heterocycles. The van der Waals surface area contributed by atoms with Crippen LogP contribution in [0.2, 0.25) is 5.02 Å². The first-order valence-electron chi connectivity index (χ1n) is 6.06. The predicted octanol–water partition coefficient (Wildman–Crippen LogP) is 3.88. The van der Waals surface area contributed by atoms with Gasteiger partial charge in [-0.3, -0.25) is 4.79 Å². The third-order valence-electron chi connectivity index (χ3n) is 3.68. The molecule has 1 aliphatic rings. The van der Waals surface area contributed by atoms with Crippen LogP contribution in [0.15, 0.2) is 29.8 Å². The monoisotopic (exact) mass is 264 g/mol. The van der Waals surface area contributed by atoms with Crippen molar-refractivity contribution in [1.29, 1.82) is 0 Å². The van der Waals surface area contributed by atoms with Gasteiger partial charge >= 0.3 is 0 Å². The number of carbonyl (C=O) groups excluding carboxylic acids is 1. The number of hydrogen-bond acceptors (Lipinski definition) is 2. The zero-order valence-electron chi connectivity index (χ0n) is 10.7. The molecule has 18 heavy (non-hydrogen) atoms. The number of ether oxygens (including phenoxy) is 1. The molecule has 2 rings (SSSR count). The molecule has 1 aromatic rings. The number of allylic oxidation sites excluding steroid dienone is 1. The van der Waals surface area contributed by atoms with Crippen molar-refractivity contribution in [1.82, 2.24) is 0 Å². The molecule has 0 unspecified atom stereocenters. The molecule has 0 saturated carbocycles. The highest BCUT2D eigenvalue weighted by molar-refractivity contribution is 6.30. The Morgan fingerprint density at radius 3 is 2.56 bits per heavy atom. The number of carbonyl (C=O) groups is 1. The van der Waals surface area contributed by atoms with E-state index in [1.165, 1.54) is 0 Å². The van der Waals surface area contributed by atoms with Crippen LogP contribution < -0.4 is 0 Å². The van der Waals surface area contributed by atoms with E-state index < -0.39 is 0 Å². The maximum absolute atomic E-state index is 11.3. The maximum atomic E-state index is 11.3. The maximum Gasteiger partial charge on any atom is 0.146 e. The number of aldehydes is 1. The minimum Gasteiger partial charge on any atom is -0.378 e. The van der Waals surface area contributed by atoms with E-state index in [0.717, 1.165) is 35.8 Å². The molecule has 0 aromatic heterocycles. The normalized spacial score (nSPS) is 24.2. The lowest BCUT2D eigenvalue weighted by atomic mass is 9.79. The summed E-state index contributed by atoms with van der Waals surface area (Å²) in [6.45, 7) is 2.05. The second kappa shape index (κ2) is 5.25. The zero-order chi connectivity index (χ0) is 13.2. The van der Waals surface area contributed by atoms with Crippen LogP contribution in [0.4, 0.5) is 0 Å². The minimum atomic E-state index is -0.216. The van der Waals surface area contributed by atoms with Crippen molar-refractivity contribution in [2.45, 2.75) is 31.8 Å². The molecule has 0 bridgehead atoms. The molecule has 0 aliphatic heterocycles. The fourth-order valence-corrected chi connectivity index (χ4v) is 2.54. The summed E-state index contributed by atoms with van der Waals surface area (Å²) in [5.41, 5.74) is 2.83. The molecule has 2 nitrogen and oxygen atoms in total. The second-order valence-electron chi connectivity index (χ2n) is 4.96. The van der Waals surface area contributed by atoms with Gasteiger partial charge in [0.25, 0.3) is 0 Å². The first-order chi connectivity index (χ1) is 8.58. The Hall–Kier alpha value is -1.12. The SMILES string of the molecule is CO[C@]1(C)CCC(c2ccc(Cl)cc2)=C(C=O)C1. The van der Waals surface area contributed by atoms with Gasteiger partial charge in [-0.1, -0.05) is 23.7 Å². The molecule has 0 N–H and O–H groups in total. The van der Waals surface area contributed by atoms with E-state index in [1.807, 2.05) is 24.3 Å². The molecule has 0 amide bonds. The lowest BCUT2D eigenvalue weighted by Crippen LogP contribution is -2.31. The number of methoxy groups -OCH3 is 1. The quantitative estimate of drug-likeness (QED) is 0.775. The Morgan fingerprint density at radius 2 is 2.00 bits per heavy atom.